The highest BCUT2D eigenvalue weighted by molar-refractivity contribution is 7.14. The molecule has 0 saturated carbocycles. The van der Waals surface area contributed by atoms with E-state index in [0.29, 0.717) is 24.6 Å². The fraction of sp³-hybridized carbons (Fsp3) is 0.611. The minimum atomic E-state index is -0.413. The third-order valence-corrected chi connectivity index (χ3v) is 6.15. The van der Waals surface area contributed by atoms with Gasteiger partial charge in [0, 0.05) is 32.1 Å². The molecule has 1 unspecified atom stereocenters. The summed E-state index contributed by atoms with van der Waals surface area (Å²) in [5.74, 6) is 0.146. The molecular weight excluding hydrogens is 354 g/mol. The van der Waals surface area contributed by atoms with Crippen LogP contribution in [-0.4, -0.2) is 72.4 Å². The van der Waals surface area contributed by atoms with Gasteiger partial charge >= 0.3 is 6.09 Å². The van der Waals surface area contributed by atoms with E-state index < -0.39 is 6.09 Å². The molecule has 1 saturated heterocycles. The van der Waals surface area contributed by atoms with Crippen LogP contribution in [0.2, 0.25) is 0 Å². The van der Waals surface area contributed by atoms with E-state index in [4.69, 9.17) is 4.74 Å². The Kier molecular flexibility index (Phi) is 5.22. The third-order valence-electron chi connectivity index (χ3n) is 4.92. The number of amides is 3. The lowest BCUT2D eigenvalue weighted by Crippen LogP contribution is -2.46. The molecule has 8 heteroatoms. The Morgan fingerprint density at radius 2 is 2.12 bits per heavy atom. The van der Waals surface area contributed by atoms with Gasteiger partial charge < -0.3 is 14.5 Å². The van der Waals surface area contributed by atoms with E-state index in [9.17, 15) is 14.4 Å². The van der Waals surface area contributed by atoms with Crippen LogP contribution in [0.25, 0.3) is 0 Å². The number of carbonyl (C=O) groups excluding carboxylic acids is 3. The second-order valence-corrected chi connectivity index (χ2v) is 8.48. The van der Waals surface area contributed by atoms with Crippen molar-refractivity contribution in [2.45, 2.75) is 32.9 Å². The fourth-order valence-electron chi connectivity index (χ4n) is 3.32. The Hall–Kier alpha value is -2.09. The topological polar surface area (TPSA) is 70.2 Å². The van der Waals surface area contributed by atoms with Crippen LogP contribution in [-0.2, 0) is 22.5 Å². The van der Waals surface area contributed by atoms with Crippen molar-refractivity contribution in [2.24, 2.45) is 5.92 Å². The van der Waals surface area contributed by atoms with Gasteiger partial charge in [-0.1, -0.05) is 13.8 Å². The summed E-state index contributed by atoms with van der Waals surface area (Å²) in [4.78, 5) is 43.6. The van der Waals surface area contributed by atoms with Crippen molar-refractivity contribution in [2.75, 3.05) is 33.8 Å². The maximum Gasteiger partial charge on any atom is 0.410 e. The normalized spacial score (nSPS) is 19.6. The molecule has 0 aliphatic carbocycles. The number of rotatable bonds is 4. The summed E-state index contributed by atoms with van der Waals surface area (Å²) in [5.41, 5.74) is 1.03. The van der Waals surface area contributed by atoms with Crippen molar-refractivity contribution in [3.63, 3.8) is 0 Å². The number of carbonyl (C=O) groups is 3. The summed E-state index contributed by atoms with van der Waals surface area (Å²) in [6.07, 6.45) is 0.328. The molecule has 7 nitrogen and oxygen atoms in total. The molecule has 2 aliphatic heterocycles. The Morgan fingerprint density at radius 1 is 1.38 bits per heavy atom. The third kappa shape index (κ3) is 3.56. The van der Waals surface area contributed by atoms with E-state index in [1.165, 1.54) is 21.1 Å². The highest BCUT2D eigenvalue weighted by Crippen LogP contribution is 2.29. The monoisotopic (exact) mass is 379 g/mol. The van der Waals surface area contributed by atoms with Crippen molar-refractivity contribution >= 4 is 29.2 Å². The smallest absolute Gasteiger partial charge is 0.410 e. The maximum atomic E-state index is 12.7. The minimum Gasteiger partial charge on any atom is -0.447 e. The highest BCUT2D eigenvalue weighted by atomic mass is 32.1. The molecule has 1 aromatic heterocycles. The average Bonchev–Trinajstić information content (AvgIpc) is 3.17. The molecule has 3 amide bonds. The summed E-state index contributed by atoms with van der Waals surface area (Å²) in [6, 6.07) is 1.83. The lowest BCUT2D eigenvalue weighted by Gasteiger charge is -2.30. The number of thiophene rings is 1. The van der Waals surface area contributed by atoms with Gasteiger partial charge in [0.05, 0.1) is 10.9 Å². The molecule has 0 bridgehead atoms. The second-order valence-electron chi connectivity index (χ2n) is 7.34. The van der Waals surface area contributed by atoms with Gasteiger partial charge in [-0.15, -0.1) is 11.3 Å². The Morgan fingerprint density at radius 3 is 2.77 bits per heavy atom. The zero-order valence-corrected chi connectivity index (χ0v) is 16.5. The molecule has 1 fully saturated rings. The minimum absolute atomic E-state index is 0.0122. The van der Waals surface area contributed by atoms with Crippen LogP contribution in [0.3, 0.4) is 0 Å². The molecule has 0 aromatic carbocycles. The maximum absolute atomic E-state index is 12.7. The lowest BCUT2D eigenvalue weighted by molar-refractivity contribution is -0.133. The Labute approximate surface area is 157 Å². The quantitative estimate of drug-likeness (QED) is 0.800. The molecule has 1 aromatic rings. The molecule has 0 radical (unpaired) electrons. The van der Waals surface area contributed by atoms with Crippen LogP contribution in [0.15, 0.2) is 6.07 Å². The molecular formula is C18H25N3O4S. The average molecular weight is 379 g/mol. The number of nitrogens with zero attached hydrogens (tertiary/aromatic N) is 3. The van der Waals surface area contributed by atoms with E-state index in [1.54, 1.807) is 23.9 Å². The van der Waals surface area contributed by atoms with Crippen LogP contribution >= 0.6 is 11.3 Å². The number of ether oxygens (including phenoxy) is 1. The van der Waals surface area contributed by atoms with Gasteiger partial charge in [0.1, 0.15) is 13.2 Å². The van der Waals surface area contributed by atoms with Gasteiger partial charge in [0.15, 0.2) is 0 Å². The molecule has 1 atom stereocenters. The Bertz CT molecular complexity index is 728. The molecule has 142 valence electrons. The van der Waals surface area contributed by atoms with E-state index in [-0.39, 0.29) is 30.3 Å². The van der Waals surface area contributed by atoms with Gasteiger partial charge in [-0.05, 0) is 24.0 Å². The van der Waals surface area contributed by atoms with Gasteiger partial charge in [-0.25, -0.2) is 4.79 Å². The predicted molar refractivity (Wildman–Crippen MR) is 98.1 cm³/mol. The summed E-state index contributed by atoms with van der Waals surface area (Å²) in [6.45, 7) is 5.52. The van der Waals surface area contributed by atoms with Crippen molar-refractivity contribution in [3.05, 3.63) is 21.4 Å². The first-order valence-electron chi connectivity index (χ1n) is 8.82. The van der Waals surface area contributed by atoms with Crippen LogP contribution < -0.4 is 0 Å². The van der Waals surface area contributed by atoms with E-state index in [2.05, 4.69) is 0 Å². The standard InChI is InChI=1S/C18H25N3O4S/c1-11(2)13-10-25-18(24)21(13)9-16(22)20-6-5-14-12(8-20)7-15(26-14)17(23)19(3)4/h7,11,13H,5-6,8-10H2,1-4H3. The highest BCUT2D eigenvalue weighted by Gasteiger charge is 2.37. The van der Waals surface area contributed by atoms with Gasteiger partial charge in [-0.2, -0.15) is 0 Å². The van der Waals surface area contributed by atoms with E-state index in [0.717, 1.165) is 12.0 Å². The summed E-state index contributed by atoms with van der Waals surface area (Å²) in [7, 11) is 3.47. The lowest BCUT2D eigenvalue weighted by atomic mass is 10.0. The molecule has 0 N–H and O–H groups in total. The fourth-order valence-corrected chi connectivity index (χ4v) is 4.50. The summed E-state index contributed by atoms with van der Waals surface area (Å²) in [5, 5.41) is 0. The zero-order valence-electron chi connectivity index (χ0n) is 15.7. The predicted octanol–water partition coefficient (Wildman–Crippen LogP) is 1.81. The molecule has 0 spiro atoms. The zero-order chi connectivity index (χ0) is 19.0. The number of hydrogen-bond donors (Lipinski definition) is 0. The molecule has 26 heavy (non-hydrogen) atoms. The van der Waals surface area contributed by atoms with Crippen molar-refractivity contribution < 1.29 is 19.1 Å². The van der Waals surface area contributed by atoms with Crippen LogP contribution in [0, 0.1) is 5.92 Å². The molecule has 2 aliphatic rings. The second kappa shape index (κ2) is 7.26. The van der Waals surface area contributed by atoms with Crippen LogP contribution in [0.1, 0.15) is 34.0 Å². The van der Waals surface area contributed by atoms with Crippen LogP contribution in [0.4, 0.5) is 4.79 Å². The van der Waals surface area contributed by atoms with E-state index >= 15 is 0 Å². The number of hydrogen-bond acceptors (Lipinski definition) is 5. The molecule has 3 heterocycles. The van der Waals surface area contributed by atoms with Gasteiger partial charge in [0.25, 0.3) is 5.91 Å². The first-order valence-corrected chi connectivity index (χ1v) is 9.64. The van der Waals surface area contributed by atoms with Crippen molar-refractivity contribution in [1.29, 1.82) is 0 Å². The van der Waals surface area contributed by atoms with Crippen molar-refractivity contribution in [1.82, 2.24) is 14.7 Å². The van der Waals surface area contributed by atoms with Gasteiger partial charge in [0.2, 0.25) is 5.91 Å². The van der Waals surface area contributed by atoms with Gasteiger partial charge in [-0.3, -0.25) is 14.5 Å². The number of cyclic esters (lactones) is 1. The van der Waals surface area contributed by atoms with Crippen LogP contribution in [0.5, 0.6) is 0 Å². The largest absolute Gasteiger partial charge is 0.447 e. The SMILES string of the molecule is CC(C)C1COC(=O)N1CC(=O)N1CCc2sc(C(=O)N(C)C)cc2C1. The Balaban J connectivity index is 1.67. The number of fused-ring (bicyclic) bond motifs is 1. The van der Waals surface area contributed by atoms with E-state index in [1.807, 2.05) is 19.9 Å². The molecule has 3 rings (SSSR count). The van der Waals surface area contributed by atoms with Crippen molar-refractivity contribution in [3.8, 4) is 0 Å². The summed E-state index contributed by atoms with van der Waals surface area (Å²) >= 11 is 1.51. The summed E-state index contributed by atoms with van der Waals surface area (Å²) < 4.78 is 5.11. The first kappa shape index (κ1) is 18.7. The first-order chi connectivity index (χ1) is 12.3.